The van der Waals surface area contributed by atoms with Crippen LogP contribution < -0.4 is 0 Å². The van der Waals surface area contributed by atoms with Crippen molar-refractivity contribution in [3.8, 4) is 50.2 Å². The summed E-state index contributed by atoms with van der Waals surface area (Å²) in [5, 5.41) is 9.61. The molecule has 3 nitrogen and oxygen atoms in total. The van der Waals surface area contributed by atoms with Crippen LogP contribution in [0.3, 0.4) is 0 Å². The van der Waals surface area contributed by atoms with Crippen molar-refractivity contribution in [1.29, 1.82) is 0 Å². The maximum atomic E-state index is 4.76. The van der Waals surface area contributed by atoms with E-state index < -0.39 is 0 Å². The Morgan fingerprint density at radius 3 is 1.44 bits per heavy atom. The fourth-order valence-corrected chi connectivity index (χ4v) is 9.35. The van der Waals surface area contributed by atoms with Gasteiger partial charge >= 0.3 is 0 Å². The van der Waals surface area contributed by atoms with Crippen molar-refractivity contribution in [1.82, 2.24) is 14.5 Å². The Kier molecular flexibility index (Phi) is 7.54. The summed E-state index contributed by atoms with van der Waals surface area (Å²) in [6.07, 6.45) is 3.56. The number of nitrogens with zero attached hydrogens (tertiary/aromatic N) is 3. The molecule has 0 radical (unpaired) electrons. The molecule has 59 heavy (non-hydrogen) atoms. The van der Waals surface area contributed by atoms with Crippen LogP contribution >= 0.6 is 0 Å². The van der Waals surface area contributed by atoms with Crippen molar-refractivity contribution in [2.24, 2.45) is 0 Å². The summed E-state index contributed by atoms with van der Waals surface area (Å²) in [6, 6.07) is 72.9. The van der Waals surface area contributed by atoms with Gasteiger partial charge in [-0.15, -0.1) is 0 Å². The first-order chi connectivity index (χ1) is 29.3. The summed E-state index contributed by atoms with van der Waals surface area (Å²) < 4.78 is 2.37. The van der Waals surface area contributed by atoms with Gasteiger partial charge in [0.2, 0.25) is 0 Å². The third-order valence-electron chi connectivity index (χ3n) is 12.1. The molecule has 0 spiro atoms. The number of para-hydroxylation sites is 2. The molecule has 0 bridgehead atoms. The van der Waals surface area contributed by atoms with Crippen molar-refractivity contribution in [3.05, 3.63) is 213 Å². The van der Waals surface area contributed by atoms with E-state index in [1.54, 1.807) is 12.4 Å². The van der Waals surface area contributed by atoms with Crippen LogP contribution in [0.2, 0.25) is 0 Å². The summed E-state index contributed by atoms with van der Waals surface area (Å²) >= 11 is 0. The molecule has 0 aliphatic heterocycles. The van der Waals surface area contributed by atoms with E-state index >= 15 is 0 Å². The first kappa shape index (κ1) is 33.3. The van der Waals surface area contributed by atoms with Gasteiger partial charge in [-0.05, 0) is 115 Å². The first-order valence-corrected chi connectivity index (χ1v) is 20.1. The summed E-state index contributed by atoms with van der Waals surface area (Å²) in [5.41, 5.74) is 15.1. The van der Waals surface area contributed by atoms with Crippen LogP contribution in [0.4, 0.5) is 0 Å². The lowest BCUT2D eigenvalue weighted by molar-refractivity contribution is 1.18. The quantitative estimate of drug-likeness (QED) is 0.164. The number of rotatable bonds is 5. The molecule has 274 valence electrons. The Morgan fingerprint density at radius 2 is 0.746 bits per heavy atom. The highest BCUT2D eigenvalue weighted by atomic mass is 15.0. The van der Waals surface area contributed by atoms with E-state index in [9.17, 15) is 0 Å². The van der Waals surface area contributed by atoms with Gasteiger partial charge in [0.1, 0.15) is 0 Å². The maximum Gasteiger partial charge on any atom is 0.0971 e. The van der Waals surface area contributed by atoms with Crippen molar-refractivity contribution < 1.29 is 0 Å². The van der Waals surface area contributed by atoms with Crippen LogP contribution in [0.1, 0.15) is 0 Å². The zero-order valence-corrected chi connectivity index (χ0v) is 32.0. The van der Waals surface area contributed by atoms with Gasteiger partial charge in [-0.1, -0.05) is 152 Å². The van der Waals surface area contributed by atoms with Gasteiger partial charge in [-0.2, -0.15) is 0 Å². The molecule has 0 aliphatic carbocycles. The lowest BCUT2D eigenvalue weighted by Gasteiger charge is -2.14. The topological polar surface area (TPSA) is 30.7 Å². The molecule has 0 saturated carbocycles. The normalized spacial score (nSPS) is 11.7. The summed E-state index contributed by atoms with van der Waals surface area (Å²) in [7, 11) is 0. The minimum Gasteiger partial charge on any atom is -0.309 e. The molecule has 0 atom stereocenters. The third-order valence-corrected chi connectivity index (χ3v) is 12.1. The Morgan fingerprint density at radius 1 is 0.271 bits per heavy atom. The molecule has 0 aliphatic rings. The molecule has 2 aromatic heterocycles. The molecule has 0 amide bonds. The van der Waals surface area contributed by atoms with Gasteiger partial charge in [0.25, 0.3) is 0 Å². The minimum atomic E-state index is 0.937. The predicted octanol–water partition coefficient (Wildman–Crippen LogP) is 14.9. The van der Waals surface area contributed by atoms with Gasteiger partial charge in [-0.3, -0.25) is 9.97 Å². The minimum absolute atomic E-state index is 0.937. The zero-order valence-electron chi connectivity index (χ0n) is 32.0. The number of hydrogen-bond donors (Lipinski definition) is 0. The SMILES string of the molecule is c1ccc(-n2c3ccccc3c3cc(-c4ccc(-c5cccc(-c6cccc(-c7ccc8c(c7)c7ccccc7c7nccnc87)c6)c5)c5ccccc45)ccc32)cc1. The fraction of sp³-hybridized carbons (Fsp3) is 0. The van der Waals surface area contributed by atoms with Crippen LogP contribution in [0.5, 0.6) is 0 Å². The highest BCUT2D eigenvalue weighted by Crippen LogP contribution is 2.41. The van der Waals surface area contributed by atoms with Crippen LogP contribution in [0.25, 0.3) is 115 Å². The van der Waals surface area contributed by atoms with Crippen LogP contribution in [-0.4, -0.2) is 14.5 Å². The average Bonchev–Trinajstić information content (AvgIpc) is 3.65. The third kappa shape index (κ3) is 5.36. The highest BCUT2D eigenvalue weighted by Gasteiger charge is 2.16. The molecular formula is C56H35N3. The maximum absolute atomic E-state index is 4.76. The van der Waals surface area contributed by atoms with Gasteiger partial charge in [0.05, 0.1) is 22.1 Å². The second-order valence-electron chi connectivity index (χ2n) is 15.3. The smallest absolute Gasteiger partial charge is 0.0971 e. The van der Waals surface area contributed by atoms with E-state index in [0.717, 1.165) is 21.8 Å². The van der Waals surface area contributed by atoms with Crippen molar-refractivity contribution in [3.63, 3.8) is 0 Å². The van der Waals surface area contributed by atoms with Crippen LogP contribution in [0.15, 0.2) is 213 Å². The summed E-state index contributed by atoms with van der Waals surface area (Å²) in [4.78, 5) is 9.47. The average molecular weight is 750 g/mol. The molecule has 12 aromatic rings. The Balaban J connectivity index is 0.936. The van der Waals surface area contributed by atoms with Crippen molar-refractivity contribution in [2.75, 3.05) is 0 Å². The van der Waals surface area contributed by atoms with Gasteiger partial charge < -0.3 is 4.57 Å². The Bertz CT molecular complexity index is 3580. The predicted molar refractivity (Wildman–Crippen MR) is 248 cm³/mol. The second kappa shape index (κ2) is 13.4. The van der Waals surface area contributed by atoms with Crippen LogP contribution in [0, 0.1) is 0 Å². The first-order valence-electron chi connectivity index (χ1n) is 20.1. The molecule has 0 fully saturated rings. The lowest BCUT2D eigenvalue weighted by Crippen LogP contribution is -1.93. The number of benzene rings is 10. The number of fused-ring (bicyclic) bond motifs is 10. The molecule has 0 unspecified atom stereocenters. The fourth-order valence-electron chi connectivity index (χ4n) is 9.35. The van der Waals surface area contributed by atoms with Gasteiger partial charge in [0.15, 0.2) is 0 Å². The second-order valence-corrected chi connectivity index (χ2v) is 15.3. The monoisotopic (exact) mass is 749 g/mol. The molecule has 0 saturated heterocycles. The molecule has 3 heteroatoms. The van der Waals surface area contributed by atoms with Gasteiger partial charge in [-0.25, -0.2) is 0 Å². The Hall–Kier alpha value is -7.88. The molecular weight excluding hydrogens is 715 g/mol. The molecule has 12 rings (SSSR count). The van der Waals surface area contributed by atoms with E-state index in [2.05, 4.69) is 205 Å². The highest BCUT2D eigenvalue weighted by molar-refractivity contribution is 6.23. The van der Waals surface area contributed by atoms with Crippen molar-refractivity contribution >= 4 is 65.2 Å². The zero-order chi connectivity index (χ0) is 38.9. The van der Waals surface area contributed by atoms with E-state index in [1.165, 1.54) is 93.5 Å². The van der Waals surface area contributed by atoms with E-state index in [4.69, 9.17) is 9.97 Å². The van der Waals surface area contributed by atoms with E-state index in [-0.39, 0.29) is 0 Å². The van der Waals surface area contributed by atoms with E-state index in [0.29, 0.717) is 0 Å². The summed E-state index contributed by atoms with van der Waals surface area (Å²) in [6.45, 7) is 0. The van der Waals surface area contributed by atoms with Crippen molar-refractivity contribution in [2.45, 2.75) is 0 Å². The molecule has 10 aromatic carbocycles. The van der Waals surface area contributed by atoms with E-state index in [1.807, 2.05) is 0 Å². The standard InChI is InChI=1S/C56H35N3/c1-2-16-42(17-3-1)59-53-23-9-8-21-48(53)52-35-41(25-29-54(52)59)44-28-27-43(45-18-4-5-19-46(44)45)40-15-11-14-38(33-40)36-12-10-13-37(32-36)39-24-26-50-51(34-39)47-20-6-7-22-49(47)55-56(50)58-31-30-57-55/h1-35H. The Labute approximate surface area is 341 Å². The number of aromatic nitrogens is 3. The lowest BCUT2D eigenvalue weighted by atomic mass is 9.90. The number of hydrogen-bond acceptors (Lipinski definition) is 2. The largest absolute Gasteiger partial charge is 0.309 e. The molecule has 0 N–H and O–H groups in total. The molecule has 2 heterocycles. The summed E-state index contributed by atoms with van der Waals surface area (Å²) in [5.74, 6) is 0. The van der Waals surface area contributed by atoms with Crippen LogP contribution in [-0.2, 0) is 0 Å². The van der Waals surface area contributed by atoms with Gasteiger partial charge in [0, 0.05) is 39.6 Å².